The van der Waals surface area contributed by atoms with Crippen LogP contribution < -0.4 is 5.32 Å². The van der Waals surface area contributed by atoms with Crippen molar-refractivity contribution in [2.75, 3.05) is 13.2 Å². The van der Waals surface area contributed by atoms with Crippen molar-refractivity contribution in [2.24, 2.45) is 0 Å². The van der Waals surface area contributed by atoms with E-state index in [1.807, 2.05) is 55.5 Å². The summed E-state index contributed by atoms with van der Waals surface area (Å²) in [4.78, 5) is 17.8. The molecule has 1 aliphatic heterocycles. The van der Waals surface area contributed by atoms with Gasteiger partial charge in [-0.2, -0.15) is 0 Å². The number of rotatable bonds is 4. The Morgan fingerprint density at radius 3 is 2.81 bits per heavy atom. The predicted octanol–water partition coefficient (Wildman–Crippen LogP) is 4.77. The smallest absolute Gasteiger partial charge is 0.252 e. The molecule has 0 saturated carbocycles. The van der Waals surface area contributed by atoms with Gasteiger partial charge in [-0.15, -0.1) is 0 Å². The summed E-state index contributed by atoms with van der Waals surface area (Å²) in [6, 6.07) is 15.4. The first-order valence-corrected chi connectivity index (χ1v) is 9.56. The normalized spacial score (nSPS) is 16.6. The van der Waals surface area contributed by atoms with Crippen molar-refractivity contribution in [1.29, 1.82) is 0 Å². The molecule has 4 nitrogen and oxygen atoms in total. The summed E-state index contributed by atoms with van der Waals surface area (Å²) in [6.07, 6.45) is 2.14. The third-order valence-corrected chi connectivity index (χ3v) is 5.41. The lowest BCUT2D eigenvalue weighted by atomic mass is 10.0. The maximum atomic E-state index is 13.0. The van der Waals surface area contributed by atoms with Gasteiger partial charge in [-0.05, 0) is 37.5 Å². The van der Waals surface area contributed by atoms with Crippen molar-refractivity contribution in [3.63, 3.8) is 0 Å². The Balaban J connectivity index is 1.77. The predicted molar refractivity (Wildman–Crippen MR) is 108 cm³/mol. The van der Waals surface area contributed by atoms with Gasteiger partial charge in [0.15, 0.2) is 0 Å². The minimum Gasteiger partial charge on any atom is -0.376 e. The second-order valence-electron chi connectivity index (χ2n) is 6.83. The largest absolute Gasteiger partial charge is 0.376 e. The number of carbonyl (C=O) groups is 1. The molecule has 1 atom stereocenters. The van der Waals surface area contributed by atoms with E-state index in [1.165, 1.54) is 0 Å². The molecule has 1 unspecified atom stereocenters. The Hall–Kier alpha value is -2.43. The molecule has 5 heteroatoms. The maximum Gasteiger partial charge on any atom is 0.252 e. The summed E-state index contributed by atoms with van der Waals surface area (Å²) < 4.78 is 5.61. The van der Waals surface area contributed by atoms with Crippen LogP contribution in [0.5, 0.6) is 0 Å². The highest BCUT2D eigenvalue weighted by molar-refractivity contribution is 6.32. The number of halogens is 1. The van der Waals surface area contributed by atoms with Gasteiger partial charge >= 0.3 is 0 Å². The first kappa shape index (κ1) is 18.0. The molecule has 1 N–H and O–H groups in total. The second-order valence-corrected chi connectivity index (χ2v) is 7.24. The van der Waals surface area contributed by atoms with Crippen molar-refractivity contribution in [1.82, 2.24) is 10.3 Å². The monoisotopic (exact) mass is 380 g/mol. The first-order valence-electron chi connectivity index (χ1n) is 9.18. The molecule has 2 aromatic carbocycles. The molecule has 0 bridgehead atoms. The summed E-state index contributed by atoms with van der Waals surface area (Å²) >= 11 is 6.31. The standard InChI is InChI=1S/C22H21ClN2O2/c1-14-19(23)10-9-17-18(22(26)24-13-16-8-5-11-27-16)12-20(25-21(14)17)15-6-3-2-4-7-15/h2-4,6-7,9-10,12,16H,5,8,11,13H2,1H3,(H,24,26). The fourth-order valence-corrected chi connectivity index (χ4v) is 3.61. The van der Waals surface area contributed by atoms with Crippen molar-refractivity contribution < 1.29 is 9.53 Å². The molecular formula is C22H21ClN2O2. The summed E-state index contributed by atoms with van der Waals surface area (Å²) in [6.45, 7) is 3.23. The van der Waals surface area contributed by atoms with Crippen molar-refractivity contribution in [2.45, 2.75) is 25.9 Å². The molecule has 3 aromatic rings. The summed E-state index contributed by atoms with van der Waals surface area (Å²) in [7, 11) is 0. The van der Waals surface area contributed by atoms with E-state index in [-0.39, 0.29) is 12.0 Å². The third kappa shape index (κ3) is 3.68. The Morgan fingerprint density at radius 2 is 2.07 bits per heavy atom. The van der Waals surface area contributed by atoms with Crippen molar-refractivity contribution >= 4 is 28.4 Å². The van der Waals surface area contributed by atoms with Gasteiger partial charge in [0.2, 0.25) is 0 Å². The van der Waals surface area contributed by atoms with Gasteiger partial charge in [-0.25, -0.2) is 4.98 Å². The molecule has 138 valence electrons. The Kier molecular flexibility index (Phi) is 5.10. The maximum absolute atomic E-state index is 13.0. The Labute approximate surface area is 163 Å². The highest BCUT2D eigenvalue weighted by atomic mass is 35.5. The number of amides is 1. The molecule has 1 aromatic heterocycles. The van der Waals surface area contributed by atoms with Crippen LogP contribution in [0.4, 0.5) is 0 Å². The molecule has 1 aliphatic rings. The number of pyridine rings is 1. The summed E-state index contributed by atoms with van der Waals surface area (Å²) in [5.41, 5.74) is 3.96. The topological polar surface area (TPSA) is 51.2 Å². The molecule has 1 saturated heterocycles. The molecule has 0 aliphatic carbocycles. The number of hydrogen-bond donors (Lipinski definition) is 1. The molecule has 2 heterocycles. The Morgan fingerprint density at radius 1 is 1.26 bits per heavy atom. The molecule has 27 heavy (non-hydrogen) atoms. The van der Waals surface area contributed by atoms with Crippen LogP contribution in [0, 0.1) is 6.92 Å². The fourth-order valence-electron chi connectivity index (χ4n) is 3.46. The van der Waals surface area contributed by atoms with Crippen LogP contribution in [0.15, 0.2) is 48.5 Å². The molecule has 0 spiro atoms. The van der Waals surface area contributed by atoms with E-state index in [0.717, 1.165) is 47.2 Å². The molecular weight excluding hydrogens is 360 g/mol. The molecule has 1 amide bonds. The van der Waals surface area contributed by atoms with Crippen LogP contribution in [0.25, 0.3) is 22.2 Å². The summed E-state index contributed by atoms with van der Waals surface area (Å²) in [5.74, 6) is -0.114. The number of hydrogen-bond acceptors (Lipinski definition) is 3. The van der Waals surface area contributed by atoms with Crippen LogP contribution in [0.2, 0.25) is 5.02 Å². The average molecular weight is 381 g/mol. The minimum absolute atomic E-state index is 0.104. The lowest BCUT2D eigenvalue weighted by Gasteiger charge is -2.14. The van der Waals surface area contributed by atoms with E-state index in [9.17, 15) is 4.79 Å². The average Bonchev–Trinajstić information content (AvgIpc) is 3.22. The van der Waals surface area contributed by atoms with Gasteiger partial charge in [0.05, 0.1) is 22.9 Å². The van der Waals surface area contributed by atoms with Crippen LogP contribution in [0.3, 0.4) is 0 Å². The number of fused-ring (bicyclic) bond motifs is 1. The van der Waals surface area contributed by atoms with Crippen LogP contribution in [-0.2, 0) is 4.74 Å². The van der Waals surface area contributed by atoms with E-state index < -0.39 is 0 Å². The van der Waals surface area contributed by atoms with Gasteiger partial charge in [0, 0.05) is 29.1 Å². The van der Waals surface area contributed by atoms with Crippen LogP contribution >= 0.6 is 11.6 Å². The van der Waals surface area contributed by atoms with Crippen molar-refractivity contribution in [3.8, 4) is 11.3 Å². The fraction of sp³-hybridized carbons (Fsp3) is 0.273. The molecule has 1 fully saturated rings. The zero-order chi connectivity index (χ0) is 18.8. The highest BCUT2D eigenvalue weighted by Gasteiger charge is 2.19. The van der Waals surface area contributed by atoms with Crippen LogP contribution in [0.1, 0.15) is 28.8 Å². The SMILES string of the molecule is Cc1c(Cl)ccc2c(C(=O)NCC3CCCO3)cc(-c3ccccc3)nc12. The van der Waals surface area contributed by atoms with Gasteiger partial charge in [0.25, 0.3) is 5.91 Å². The van der Waals surface area contributed by atoms with E-state index in [2.05, 4.69) is 5.32 Å². The Bertz CT molecular complexity index is 983. The number of aromatic nitrogens is 1. The quantitative estimate of drug-likeness (QED) is 0.709. The van der Waals surface area contributed by atoms with Gasteiger partial charge in [-0.1, -0.05) is 48.0 Å². The molecule has 0 radical (unpaired) electrons. The number of nitrogens with zero attached hydrogens (tertiary/aromatic N) is 1. The third-order valence-electron chi connectivity index (χ3n) is 5.00. The second kappa shape index (κ2) is 7.67. The zero-order valence-corrected chi connectivity index (χ0v) is 15.9. The minimum atomic E-state index is -0.114. The lowest BCUT2D eigenvalue weighted by Crippen LogP contribution is -2.32. The zero-order valence-electron chi connectivity index (χ0n) is 15.2. The van der Waals surface area contributed by atoms with E-state index in [0.29, 0.717) is 17.1 Å². The number of nitrogens with one attached hydrogen (secondary N) is 1. The number of benzene rings is 2. The summed E-state index contributed by atoms with van der Waals surface area (Å²) in [5, 5.41) is 4.47. The number of carbonyl (C=O) groups excluding carboxylic acids is 1. The van der Waals surface area contributed by atoms with Crippen molar-refractivity contribution in [3.05, 3.63) is 64.7 Å². The van der Waals surface area contributed by atoms with Crippen LogP contribution in [-0.4, -0.2) is 30.1 Å². The van der Waals surface area contributed by atoms with Gasteiger partial charge in [-0.3, -0.25) is 4.79 Å². The van der Waals surface area contributed by atoms with Gasteiger partial charge in [0.1, 0.15) is 0 Å². The van der Waals surface area contributed by atoms with E-state index in [1.54, 1.807) is 0 Å². The van der Waals surface area contributed by atoms with Gasteiger partial charge < -0.3 is 10.1 Å². The van der Waals surface area contributed by atoms with E-state index in [4.69, 9.17) is 21.3 Å². The lowest BCUT2D eigenvalue weighted by molar-refractivity contribution is 0.0859. The first-order chi connectivity index (χ1) is 13.1. The number of aryl methyl sites for hydroxylation is 1. The molecule has 4 rings (SSSR count). The van der Waals surface area contributed by atoms with E-state index >= 15 is 0 Å². The highest BCUT2D eigenvalue weighted by Crippen LogP contribution is 2.30. The number of ether oxygens (including phenoxy) is 1.